The first-order valence-electron chi connectivity index (χ1n) is 8.16. The largest absolute Gasteiger partial charge is 0.468 e. The van der Waals surface area contributed by atoms with Crippen molar-refractivity contribution in [3.05, 3.63) is 40.8 Å². The van der Waals surface area contributed by atoms with Crippen LogP contribution in [0, 0.1) is 0 Å². The van der Waals surface area contributed by atoms with Gasteiger partial charge in [0.05, 0.1) is 5.60 Å². The molecule has 27 heavy (non-hydrogen) atoms. The monoisotopic (exact) mass is 381 g/mol. The highest BCUT2D eigenvalue weighted by molar-refractivity contribution is 5.77. The Labute approximate surface area is 155 Å². The van der Waals surface area contributed by atoms with E-state index in [1.54, 1.807) is 38.1 Å². The van der Waals surface area contributed by atoms with Crippen molar-refractivity contribution in [3.8, 4) is 5.75 Å². The SMILES string of the molecule is COC(C(O)COC(N)=O)C(C)(C)OCOc1ccc2oc(=O)ccc2c1. The summed E-state index contributed by atoms with van der Waals surface area (Å²) in [5, 5.41) is 10.8. The Bertz CT molecular complexity index is 831. The highest BCUT2D eigenvalue weighted by Gasteiger charge is 2.37. The van der Waals surface area contributed by atoms with Gasteiger partial charge in [0.15, 0.2) is 6.79 Å². The Morgan fingerprint density at radius 2 is 2.04 bits per heavy atom. The minimum absolute atomic E-state index is 0.126. The minimum Gasteiger partial charge on any atom is -0.468 e. The zero-order valence-electron chi connectivity index (χ0n) is 15.3. The van der Waals surface area contributed by atoms with Crippen LogP contribution in [-0.2, 0) is 14.2 Å². The highest BCUT2D eigenvalue weighted by Crippen LogP contribution is 2.23. The highest BCUT2D eigenvalue weighted by atomic mass is 16.7. The van der Waals surface area contributed by atoms with Crippen LogP contribution in [0.1, 0.15) is 13.8 Å². The van der Waals surface area contributed by atoms with Gasteiger partial charge in [0.2, 0.25) is 0 Å². The van der Waals surface area contributed by atoms with Crippen LogP contribution < -0.4 is 16.1 Å². The Hall–Kier alpha value is -2.62. The summed E-state index contributed by atoms with van der Waals surface area (Å²) in [6.07, 6.45) is -2.93. The van der Waals surface area contributed by atoms with Gasteiger partial charge in [-0.05, 0) is 38.1 Å². The average molecular weight is 381 g/mol. The predicted octanol–water partition coefficient (Wildman–Crippen LogP) is 1.40. The van der Waals surface area contributed by atoms with Crippen LogP contribution in [0.2, 0.25) is 0 Å². The number of amides is 1. The molecule has 0 fully saturated rings. The van der Waals surface area contributed by atoms with Gasteiger partial charge in [-0.1, -0.05) is 0 Å². The van der Waals surface area contributed by atoms with Crippen LogP contribution >= 0.6 is 0 Å². The molecule has 0 radical (unpaired) electrons. The third-order valence-electron chi connectivity index (χ3n) is 3.93. The number of hydrogen-bond acceptors (Lipinski definition) is 8. The lowest BCUT2D eigenvalue weighted by Gasteiger charge is -2.35. The second-order valence-corrected chi connectivity index (χ2v) is 6.32. The fourth-order valence-electron chi connectivity index (χ4n) is 2.63. The number of methoxy groups -OCH3 is 1. The van der Waals surface area contributed by atoms with E-state index in [1.165, 1.54) is 13.2 Å². The fourth-order valence-corrected chi connectivity index (χ4v) is 2.63. The topological polar surface area (TPSA) is 130 Å². The van der Waals surface area contributed by atoms with Crippen molar-refractivity contribution < 1.29 is 33.3 Å². The Morgan fingerprint density at radius 1 is 1.30 bits per heavy atom. The number of ether oxygens (including phenoxy) is 4. The van der Waals surface area contributed by atoms with Gasteiger partial charge in [0.25, 0.3) is 0 Å². The van der Waals surface area contributed by atoms with Crippen molar-refractivity contribution in [2.24, 2.45) is 5.73 Å². The molecule has 2 rings (SSSR count). The van der Waals surface area contributed by atoms with Gasteiger partial charge in [-0.15, -0.1) is 0 Å². The van der Waals surface area contributed by atoms with Gasteiger partial charge in [0, 0.05) is 18.6 Å². The zero-order valence-corrected chi connectivity index (χ0v) is 15.3. The first kappa shape index (κ1) is 20.7. The van der Waals surface area contributed by atoms with Crippen molar-refractivity contribution in [3.63, 3.8) is 0 Å². The maximum Gasteiger partial charge on any atom is 0.404 e. The third kappa shape index (κ3) is 5.68. The van der Waals surface area contributed by atoms with E-state index in [1.807, 2.05) is 0 Å². The molecule has 148 valence electrons. The van der Waals surface area contributed by atoms with E-state index in [-0.39, 0.29) is 13.4 Å². The number of benzene rings is 1. The summed E-state index contributed by atoms with van der Waals surface area (Å²) >= 11 is 0. The molecule has 2 aromatic rings. The molecule has 1 heterocycles. The lowest BCUT2D eigenvalue weighted by molar-refractivity contribution is -0.184. The van der Waals surface area contributed by atoms with E-state index in [0.29, 0.717) is 16.7 Å². The minimum atomic E-state index is -1.14. The number of nitrogens with two attached hydrogens (primary N) is 1. The molecular formula is C18H23NO8. The summed E-state index contributed by atoms with van der Waals surface area (Å²) in [4.78, 5) is 21.9. The molecular weight excluding hydrogens is 358 g/mol. The Balaban J connectivity index is 1.96. The number of carbonyl (C=O) groups excluding carboxylic acids is 1. The van der Waals surface area contributed by atoms with Crippen molar-refractivity contribution in [2.45, 2.75) is 31.7 Å². The smallest absolute Gasteiger partial charge is 0.404 e. The number of carbonyl (C=O) groups is 1. The number of primary amides is 1. The van der Waals surface area contributed by atoms with Crippen LogP contribution in [0.25, 0.3) is 11.0 Å². The lowest BCUT2D eigenvalue weighted by Crippen LogP contribution is -2.50. The third-order valence-corrected chi connectivity index (χ3v) is 3.93. The van der Waals surface area contributed by atoms with Crippen molar-refractivity contribution in [1.29, 1.82) is 0 Å². The Kier molecular flexibility index (Phi) is 6.78. The molecule has 0 aliphatic heterocycles. The summed E-state index contributed by atoms with van der Waals surface area (Å²) in [5.41, 5.74) is 3.96. The molecule has 0 spiro atoms. The van der Waals surface area contributed by atoms with E-state index in [0.717, 1.165) is 0 Å². The van der Waals surface area contributed by atoms with Gasteiger partial charge >= 0.3 is 11.7 Å². The summed E-state index contributed by atoms with van der Waals surface area (Å²) < 4.78 is 26.2. The number of hydrogen-bond donors (Lipinski definition) is 2. The molecule has 0 aliphatic carbocycles. The van der Waals surface area contributed by atoms with Crippen LogP contribution in [0.4, 0.5) is 4.79 Å². The van der Waals surface area contributed by atoms with Crippen molar-refractivity contribution >= 4 is 17.1 Å². The normalized spacial score (nSPS) is 13.9. The molecule has 2 unspecified atom stereocenters. The first-order valence-corrected chi connectivity index (χ1v) is 8.16. The fraction of sp³-hybridized carbons (Fsp3) is 0.444. The van der Waals surface area contributed by atoms with Crippen molar-refractivity contribution in [2.75, 3.05) is 20.5 Å². The van der Waals surface area contributed by atoms with E-state index in [9.17, 15) is 14.7 Å². The molecule has 0 saturated carbocycles. The molecule has 3 N–H and O–H groups in total. The zero-order chi connectivity index (χ0) is 20.0. The van der Waals surface area contributed by atoms with E-state index >= 15 is 0 Å². The predicted molar refractivity (Wildman–Crippen MR) is 95.5 cm³/mol. The second kappa shape index (κ2) is 8.85. The molecule has 2 atom stereocenters. The summed E-state index contributed by atoms with van der Waals surface area (Å²) in [6.45, 7) is 2.95. The second-order valence-electron chi connectivity index (χ2n) is 6.32. The van der Waals surface area contributed by atoms with Gasteiger partial charge in [-0.2, -0.15) is 0 Å². The van der Waals surface area contributed by atoms with Crippen LogP contribution in [0.15, 0.2) is 39.5 Å². The molecule has 1 amide bonds. The van der Waals surface area contributed by atoms with Crippen LogP contribution in [0.5, 0.6) is 5.75 Å². The van der Waals surface area contributed by atoms with Gasteiger partial charge in [0.1, 0.15) is 30.1 Å². The van der Waals surface area contributed by atoms with Gasteiger partial charge < -0.3 is 34.2 Å². The van der Waals surface area contributed by atoms with Crippen LogP contribution in [0.3, 0.4) is 0 Å². The number of aliphatic hydroxyl groups excluding tert-OH is 1. The first-order chi connectivity index (χ1) is 12.7. The lowest BCUT2D eigenvalue weighted by atomic mass is 9.96. The number of fused-ring (bicyclic) bond motifs is 1. The van der Waals surface area contributed by atoms with Gasteiger partial charge in [-0.3, -0.25) is 0 Å². The van der Waals surface area contributed by atoms with E-state index < -0.39 is 29.5 Å². The molecule has 0 aliphatic rings. The van der Waals surface area contributed by atoms with Crippen LogP contribution in [-0.4, -0.2) is 49.5 Å². The summed E-state index contributed by atoms with van der Waals surface area (Å²) in [6, 6.07) is 7.93. The molecule has 0 saturated heterocycles. The van der Waals surface area contributed by atoms with Gasteiger partial charge in [-0.25, -0.2) is 9.59 Å². The molecule has 0 bridgehead atoms. The molecule has 1 aromatic carbocycles. The summed E-state index contributed by atoms with van der Waals surface area (Å²) in [7, 11) is 1.40. The molecule has 9 nitrogen and oxygen atoms in total. The maximum absolute atomic E-state index is 11.2. The number of aliphatic hydroxyl groups is 1. The maximum atomic E-state index is 11.2. The Morgan fingerprint density at radius 3 is 2.70 bits per heavy atom. The summed E-state index contributed by atoms with van der Waals surface area (Å²) in [5.74, 6) is 0.513. The average Bonchev–Trinajstić information content (AvgIpc) is 2.60. The molecule has 1 aromatic heterocycles. The molecule has 9 heteroatoms. The quantitative estimate of drug-likeness (QED) is 0.492. The van der Waals surface area contributed by atoms with Crippen molar-refractivity contribution in [1.82, 2.24) is 0 Å². The van der Waals surface area contributed by atoms with E-state index in [2.05, 4.69) is 4.74 Å². The van der Waals surface area contributed by atoms with E-state index in [4.69, 9.17) is 24.4 Å². The number of rotatable bonds is 9. The standard InChI is InChI=1S/C18H23NO8/c1-18(2,16(23-3)13(20)9-24-17(19)22)26-10-25-12-5-6-14-11(8-12)4-7-15(21)27-14/h4-8,13,16,20H,9-10H2,1-3H3,(H2,19,22).